The summed E-state index contributed by atoms with van der Waals surface area (Å²) in [4.78, 5) is 36.5. The minimum Gasteiger partial charge on any atom is -0.345 e. The highest BCUT2D eigenvalue weighted by Crippen LogP contribution is 2.16. The Morgan fingerprint density at radius 2 is 1.76 bits per heavy atom. The summed E-state index contributed by atoms with van der Waals surface area (Å²) in [6.07, 6.45) is 3.56. The summed E-state index contributed by atoms with van der Waals surface area (Å²) >= 11 is 5.91. The number of fused-ring (bicyclic) bond motifs is 1. The monoisotopic (exact) mass is 410 g/mol. The highest BCUT2D eigenvalue weighted by Gasteiger charge is 2.23. The molecule has 6 nitrogen and oxygen atoms in total. The van der Waals surface area contributed by atoms with E-state index in [0.29, 0.717) is 49.6 Å². The number of halogens is 1. The van der Waals surface area contributed by atoms with Gasteiger partial charge in [-0.1, -0.05) is 23.7 Å². The maximum absolute atomic E-state index is 12.9. The molecule has 1 aliphatic rings. The average molecular weight is 411 g/mol. The lowest BCUT2D eigenvalue weighted by Gasteiger charge is -2.22. The van der Waals surface area contributed by atoms with Crippen molar-refractivity contribution in [2.75, 3.05) is 26.2 Å². The number of carbonyl (C=O) groups is 2. The summed E-state index contributed by atoms with van der Waals surface area (Å²) in [5.74, 6) is 0.130. The number of nitrogens with one attached hydrogen (secondary N) is 1. The number of hydrogen-bond donors (Lipinski definition) is 1. The molecule has 150 valence electrons. The van der Waals surface area contributed by atoms with Crippen molar-refractivity contribution in [3.8, 4) is 0 Å². The first-order valence-corrected chi connectivity index (χ1v) is 10.2. The molecule has 0 radical (unpaired) electrons. The highest BCUT2D eigenvalue weighted by molar-refractivity contribution is 6.30. The molecule has 2 heterocycles. The minimum atomic E-state index is -0.00281. The van der Waals surface area contributed by atoms with E-state index in [1.807, 2.05) is 52.3 Å². The third kappa shape index (κ3) is 4.59. The van der Waals surface area contributed by atoms with E-state index in [1.165, 1.54) is 0 Å². The Bertz CT molecular complexity index is 1020. The molecule has 0 saturated carbocycles. The Morgan fingerprint density at radius 1 is 1.00 bits per heavy atom. The largest absolute Gasteiger partial charge is 0.345 e. The maximum atomic E-state index is 12.9. The second-order valence-electron chi connectivity index (χ2n) is 7.29. The van der Waals surface area contributed by atoms with Gasteiger partial charge in [0.05, 0.1) is 17.4 Å². The van der Waals surface area contributed by atoms with Crippen LogP contribution in [0.5, 0.6) is 0 Å². The van der Waals surface area contributed by atoms with Gasteiger partial charge in [0, 0.05) is 43.2 Å². The van der Waals surface area contributed by atoms with Crippen LogP contribution in [0, 0.1) is 0 Å². The molecule has 1 N–H and O–H groups in total. The fraction of sp³-hybridized carbons (Fsp3) is 0.318. The first-order valence-electron chi connectivity index (χ1n) is 9.85. The van der Waals surface area contributed by atoms with E-state index in [1.54, 1.807) is 6.33 Å². The van der Waals surface area contributed by atoms with E-state index >= 15 is 0 Å². The van der Waals surface area contributed by atoms with Crippen molar-refractivity contribution in [3.05, 3.63) is 64.9 Å². The lowest BCUT2D eigenvalue weighted by molar-refractivity contribution is -0.131. The summed E-state index contributed by atoms with van der Waals surface area (Å²) in [6.45, 7) is 2.45. The number of H-pyrrole nitrogens is 1. The molecule has 0 spiro atoms. The second-order valence-corrected chi connectivity index (χ2v) is 7.72. The molecule has 2 amide bonds. The van der Waals surface area contributed by atoms with E-state index in [2.05, 4.69) is 9.97 Å². The van der Waals surface area contributed by atoms with Gasteiger partial charge in [-0.05, 0) is 48.7 Å². The van der Waals surface area contributed by atoms with Crippen molar-refractivity contribution in [1.82, 2.24) is 19.8 Å². The van der Waals surface area contributed by atoms with Gasteiger partial charge in [0.2, 0.25) is 5.91 Å². The van der Waals surface area contributed by atoms with Gasteiger partial charge in [-0.2, -0.15) is 0 Å². The molecule has 3 aromatic rings. The molecule has 1 fully saturated rings. The highest BCUT2D eigenvalue weighted by atomic mass is 35.5. The molecule has 1 saturated heterocycles. The van der Waals surface area contributed by atoms with Gasteiger partial charge in [0.15, 0.2) is 0 Å². The molecule has 1 aromatic heterocycles. The fourth-order valence-corrected chi connectivity index (χ4v) is 3.81. The van der Waals surface area contributed by atoms with Crippen LogP contribution in [0.3, 0.4) is 0 Å². The number of benzene rings is 2. The lowest BCUT2D eigenvalue weighted by Crippen LogP contribution is -2.37. The van der Waals surface area contributed by atoms with Crippen molar-refractivity contribution in [3.63, 3.8) is 0 Å². The summed E-state index contributed by atoms with van der Waals surface area (Å²) in [5.41, 5.74) is 3.44. The number of aryl methyl sites for hydroxylation is 1. The average Bonchev–Trinajstić information content (AvgIpc) is 3.07. The Kier molecular flexibility index (Phi) is 5.81. The minimum absolute atomic E-state index is 0.00281. The third-order valence-corrected chi connectivity index (χ3v) is 5.60. The Morgan fingerprint density at radius 3 is 2.59 bits per heavy atom. The van der Waals surface area contributed by atoms with Gasteiger partial charge in [0.1, 0.15) is 0 Å². The number of aromatic nitrogens is 2. The van der Waals surface area contributed by atoms with Crippen LogP contribution in [0.2, 0.25) is 5.02 Å². The van der Waals surface area contributed by atoms with Crippen molar-refractivity contribution < 1.29 is 9.59 Å². The summed E-state index contributed by atoms with van der Waals surface area (Å²) in [7, 11) is 0. The fourth-order valence-electron chi connectivity index (χ4n) is 3.68. The SMILES string of the molecule is O=C(CCc1ccc(Cl)cc1)N1CCCN(C(=O)c2ccc3nc[nH]c3c2)CC1. The maximum Gasteiger partial charge on any atom is 0.253 e. The second kappa shape index (κ2) is 8.66. The number of aromatic amines is 1. The summed E-state index contributed by atoms with van der Waals surface area (Å²) in [5, 5.41) is 0.698. The van der Waals surface area contributed by atoms with E-state index < -0.39 is 0 Å². The van der Waals surface area contributed by atoms with Gasteiger partial charge < -0.3 is 14.8 Å². The molecule has 2 aromatic carbocycles. The van der Waals surface area contributed by atoms with Crippen LogP contribution in [0.4, 0.5) is 0 Å². The smallest absolute Gasteiger partial charge is 0.253 e. The number of hydrogen-bond acceptors (Lipinski definition) is 3. The zero-order valence-electron chi connectivity index (χ0n) is 16.1. The number of imidazole rings is 1. The van der Waals surface area contributed by atoms with Crippen LogP contribution < -0.4 is 0 Å². The number of rotatable bonds is 4. The quantitative estimate of drug-likeness (QED) is 0.715. The molecule has 0 bridgehead atoms. The molecule has 0 unspecified atom stereocenters. The van der Waals surface area contributed by atoms with Crippen molar-refractivity contribution in [2.45, 2.75) is 19.3 Å². The first-order chi connectivity index (χ1) is 14.1. The zero-order chi connectivity index (χ0) is 20.2. The van der Waals surface area contributed by atoms with Gasteiger partial charge in [-0.25, -0.2) is 4.98 Å². The Hall–Kier alpha value is -2.86. The molecule has 7 heteroatoms. The Balaban J connectivity index is 1.33. The van der Waals surface area contributed by atoms with Gasteiger partial charge in [-0.15, -0.1) is 0 Å². The van der Waals surface area contributed by atoms with Crippen LogP contribution in [-0.4, -0.2) is 57.8 Å². The normalized spacial score (nSPS) is 14.8. The van der Waals surface area contributed by atoms with Crippen LogP contribution >= 0.6 is 11.6 Å². The standard InChI is InChI=1S/C22H23ClN4O2/c23-18-6-2-16(3-7-18)4-9-21(28)26-10-1-11-27(13-12-26)22(29)17-5-8-19-20(14-17)25-15-24-19/h2-3,5-8,14-15H,1,4,9-13H2,(H,24,25). The molecular weight excluding hydrogens is 388 g/mol. The molecule has 4 rings (SSSR count). The van der Waals surface area contributed by atoms with Gasteiger partial charge >= 0.3 is 0 Å². The first kappa shape index (κ1) is 19.5. The molecule has 29 heavy (non-hydrogen) atoms. The topological polar surface area (TPSA) is 69.3 Å². The van der Waals surface area contributed by atoms with Gasteiger partial charge in [0.25, 0.3) is 5.91 Å². The molecule has 0 atom stereocenters. The zero-order valence-corrected chi connectivity index (χ0v) is 16.9. The summed E-state index contributed by atoms with van der Waals surface area (Å²) in [6, 6.07) is 13.1. The molecule has 1 aliphatic heterocycles. The van der Waals surface area contributed by atoms with Crippen molar-refractivity contribution in [1.29, 1.82) is 0 Å². The van der Waals surface area contributed by atoms with Crippen LogP contribution in [-0.2, 0) is 11.2 Å². The number of amides is 2. The third-order valence-electron chi connectivity index (χ3n) is 5.34. The molecule has 0 aliphatic carbocycles. The van der Waals surface area contributed by atoms with E-state index in [9.17, 15) is 9.59 Å². The van der Waals surface area contributed by atoms with Gasteiger partial charge in [-0.3, -0.25) is 9.59 Å². The predicted molar refractivity (Wildman–Crippen MR) is 113 cm³/mol. The van der Waals surface area contributed by atoms with Crippen LogP contribution in [0.1, 0.15) is 28.8 Å². The Labute approximate surface area is 174 Å². The van der Waals surface area contributed by atoms with Crippen molar-refractivity contribution >= 4 is 34.4 Å². The molecular formula is C22H23ClN4O2. The van der Waals surface area contributed by atoms with E-state index in [4.69, 9.17) is 11.6 Å². The predicted octanol–water partition coefficient (Wildman–Crippen LogP) is 3.52. The van der Waals surface area contributed by atoms with E-state index in [-0.39, 0.29) is 11.8 Å². The van der Waals surface area contributed by atoms with Crippen molar-refractivity contribution in [2.24, 2.45) is 0 Å². The lowest BCUT2D eigenvalue weighted by atomic mass is 10.1. The van der Waals surface area contributed by atoms with Crippen LogP contribution in [0.15, 0.2) is 48.8 Å². The summed E-state index contributed by atoms with van der Waals surface area (Å²) < 4.78 is 0. The van der Waals surface area contributed by atoms with Crippen LogP contribution in [0.25, 0.3) is 11.0 Å². The number of carbonyl (C=O) groups excluding carboxylic acids is 2. The van der Waals surface area contributed by atoms with E-state index in [0.717, 1.165) is 23.0 Å². The number of nitrogens with zero attached hydrogens (tertiary/aromatic N) is 3.